The van der Waals surface area contributed by atoms with Crippen LogP contribution in [0.2, 0.25) is 5.02 Å². The molecule has 5 heteroatoms. The van der Waals surface area contributed by atoms with E-state index in [0.717, 1.165) is 0 Å². The molecule has 0 fully saturated rings. The van der Waals surface area contributed by atoms with Gasteiger partial charge in [0, 0.05) is 10.6 Å². The zero-order valence-electron chi connectivity index (χ0n) is 7.38. The van der Waals surface area contributed by atoms with Crippen molar-refractivity contribution in [3.63, 3.8) is 0 Å². The monoisotopic (exact) mass is 278 g/mol. The number of carboxylic acid groups (broad SMARTS) is 1. The summed E-state index contributed by atoms with van der Waals surface area (Å²) in [5.74, 6) is -0.469. The Balaban J connectivity index is 3.22. The number of halogens is 2. The van der Waals surface area contributed by atoms with Crippen LogP contribution in [0.25, 0.3) is 0 Å². The van der Waals surface area contributed by atoms with Crippen LogP contribution >= 0.6 is 27.5 Å². The van der Waals surface area contributed by atoms with E-state index in [1.807, 2.05) is 0 Å². The molecule has 0 spiro atoms. The van der Waals surface area contributed by atoms with Crippen molar-refractivity contribution in [3.8, 4) is 5.75 Å². The summed E-state index contributed by atoms with van der Waals surface area (Å²) >= 11 is 9.11. The highest BCUT2D eigenvalue weighted by Gasteiger charge is 2.14. The number of carboxylic acids is 1. The van der Waals surface area contributed by atoms with Gasteiger partial charge in [0.1, 0.15) is 5.75 Å². The number of methoxy groups -OCH3 is 1. The molecule has 0 unspecified atom stereocenters. The summed E-state index contributed by atoms with van der Waals surface area (Å²) < 4.78 is 5.76. The molecule has 0 aromatic heterocycles. The van der Waals surface area contributed by atoms with Crippen molar-refractivity contribution < 1.29 is 14.6 Å². The van der Waals surface area contributed by atoms with Crippen molar-refractivity contribution in [2.75, 3.05) is 7.11 Å². The molecule has 0 aliphatic heterocycles. The Morgan fingerprint density at radius 1 is 1.64 bits per heavy atom. The Bertz CT molecular complexity index is 365. The highest BCUT2D eigenvalue weighted by molar-refractivity contribution is 9.10. The van der Waals surface area contributed by atoms with E-state index in [1.54, 1.807) is 12.1 Å². The zero-order chi connectivity index (χ0) is 10.7. The van der Waals surface area contributed by atoms with Crippen molar-refractivity contribution in [2.24, 2.45) is 0 Å². The molecular formula is C9H8BrClO3. The fourth-order valence-corrected chi connectivity index (χ4v) is 1.86. The molecule has 0 amide bonds. The summed E-state index contributed by atoms with van der Waals surface area (Å²) in [5.41, 5.74) is 0.482. The van der Waals surface area contributed by atoms with Gasteiger partial charge in [-0.2, -0.15) is 0 Å². The second-order valence-electron chi connectivity index (χ2n) is 2.61. The Morgan fingerprint density at radius 2 is 2.29 bits per heavy atom. The maximum Gasteiger partial charge on any atom is 0.308 e. The van der Waals surface area contributed by atoms with Gasteiger partial charge in [0.05, 0.1) is 18.0 Å². The lowest BCUT2D eigenvalue weighted by Crippen LogP contribution is -2.03. The summed E-state index contributed by atoms with van der Waals surface area (Å²) in [6.07, 6.45) is -0.151. The number of rotatable bonds is 3. The third-order valence-electron chi connectivity index (χ3n) is 1.69. The van der Waals surface area contributed by atoms with Gasteiger partial charge in [-0.3, -0.25) is 4.79 Å². The molecule has 0 aliphatic rings. The van der Waals surface area contributed by atoms with Crippen LogP contribution in [0.15, 0.2) is 16.6 Å². The van der Waals surface area contributed by atoms with Gasteiger partial charge in [-0.05, 0) is 28.1 Å². The van der Waals surface area contributed by atoms with Gasteiger partial charge < -0.3 is 9.84 Å². The molecule has 0 saturated heterocycles. The lowest BCUT2D eigenvalue weighted by Gasteiger charge is -2.10. The molecule has 1 N–H and O–H groups in total. The van der Waals surface area contributed by atoms with Gasteiger partial charge in [0.2, 0.25) is 0 Å². The summed E-state index contributed by atoms with van der Waals surface area (Å²) in [6, 6.07) is 3.35. The quantitative estimate of drug-likeness (QED) is 0.925. The number of aliphatic carboxylic acids is 1. The largest absolute Gasteiger partial charge is 0.495 e. The van der Waals surface area contributed by atoms with E-state index in [0.29, 0.717) is 20.8 Å². The van der Waals surface area contributed by atoms with Crippen LogP contribution in [0, 0.1) is 0 Å². The molecule has 0 radical (unpaired) electrons. The number of carbonyl (C=O) groups is 1. The molecule has 0 heterocycles. The third-order valence-corrected chi connectivity index (χ3v) is 2.67. The van der Waals surface area contributed by atoms with Crippen LogP contribution < -0.4 is 4.74 Å². The Morgan fingerprint density at radius 3 is 2.79 bits per heavy atom. The van der Waals surface area contributed by atoms with E-state index < -0.39 is 5.97 Å². The maximum absolute atomic E-state index is 10.6. The molecule has 1 aromatic rings. The first-order chi connectivity index (χ1) is 6.56. The smallest absolute Gasteiger partial charge is 0.308 e. The Kier molecular flexibility index (Phi) is 3.77. The van der Waals surface area contributed by atoms with E-state index >= 15 is 0 Å². The molecule has 0 bridgehead atoms. The average molecular weight is 280 g/mol. The van der Waals surface area contributed by atoms with Crippen molar-refractivity contribution in [1.82, 2.24) is 0 Å². The van der Waals surface area contributed by atoms with E-state index in [2.05, 4.69) is 15.9 Å². The number of hydrogen-bond acceptors (Lipinski definition) is 2. The lowest BCUT2D eigenvalue weighted by atomic mass is 10.1. The average Bonchev–Trinajstić information content (AvgIpc) is 2.11. The lowest BCUT2D eigenvalue weighted by molar-refractivity contribution is -0.136. The van der Waals surface area contributed by atoms with Crippen LogP contribution in [0.1, 0.15) is 5.56 Å². The van der Waals surface area contributed by atoms with Crippen molar-refractivity contribution in [1.29, 1.82) is 0 Å². The van der Waals surface area contributed by atoms with Crippen LogP contribution in [0.5, 0.6) is 5.75 Å². The molecule has 0 aliphatic carbocycles. The minimum absolute atomic E-state index is 0.151. The molecule has 1 rings (SSSR count). The highest BCUT2D eigenvalue weighted by Crippen LogP contribution is 2.34. The van der Waals surface area contributed by atoms with Gasteiger partial charge in [0.15, 0.2) is 0 Å². The number of benzene rings is 1. The Hall–Kier alpha value is -0.740. The van der Waals surface area contributed by atoms with Crippen LogP contribution in [-0.4, -0.2) is 18.2 Å². The van der Waals surface area contributed by atoms with E-state index in [1.165, 1.54) is 7.11 Å². The minimum atomic E-state index is -0.941. The first-order valence-electron chi connectivity index (χ1n) is 3.79. The molecule has 3 nitrogen and oxygen atoms in total. The van der Waals surface area contributed by atoms with Crippen molar-refractivity contribution >= 4 is 33.5 Å². The fourth-order valence-electron chi connectivity index (χ4n) is 1.11. The zero-order valence-corrected chi connectivity index (χ0v) is 9.72. The number of hydrogen-bond donors (Lipinski definition) is 1. The first-order valence-corrected chi connectivity index (χ1v) is 4.96. The van der Waals surface area contributed by atoms with Crippen LogP contribution in [-0.2, 0) is 11.2 Å². The van der Waals surface area contributed by atoms with E-state index in [4.69, 9.17) is 21.4 Å². The molecule has 14 heavy (non-hydrogen) atoms. The summed E-state index contributed by atoms with van der Waals surface area (Å²) in [4.78, 5) is 10.6. The molecule has 76 valence electrons. The van der Waals surface area contributed by atoms with E-state index in [-0.39, 0.29) is 6.42 Å². The number of ether oxygens (including phenoxy) is 1. The molecule has 0 atom stereocenters. The second-order valence-corrected chi connectivity index (χ2v) is 3.87. The minimum Gasteiger partial charge on any atom is -0.495 e. The predicted octanol–water partition coefficient (Wildman–Crippen LogP) is 2.74. The van der Waals surface area contributed by atoms with Crippen LogP contribution in [0.4, 0.5) is 0 Å². The summed E-state index contributed by atoms with van der Waals surface area (Å²) in [7, 11) is 1.47. The molecular weight excluding hydrogens is 271 g/mol. The highest BCUT2D eigenvalue weighted by atomic mass is 79.9. The summed E-state index contributed by atoms with van der Waals surface area (Å²) in [5, 5.41) is 9.07. The maximum atomic E-state index is 10.6. The first kappa shape index (κ1) is 11.3. The van der Waals surface area contributed by atoms with Crippen LogP contribution in [0.3, 0.4) is 0 Å². The molecule has 0 saturated carbocycles. The fraction of sp³-hybridized carbons (Fsp3) is 0.222. The van der Waals surface area contributed by atoms with Gasteiger partial charge >= 0.3 is 5.97 Å². The van der Waals surface area contributed by atoms with Gasteiger partial charge in [-0.25, -0.2) is 0 Å². The van der Waals surface area contributed by atoms with Crippen molar-refractivity contribution in [3.05, 3.63) is 27.2 Å². The standard InChI is InChI=1S/C9H8BrClO3/c1-14-9-5(4-8(12)13)7(11)3-2-6(9)10/h2-3H,4H2,1H3,(H,12,13). The van der Waals surface area contributed by atoms with Gasteiger partial charge in [-0.15, -0.1) is 0 Å². The SMILES string of the molecule is COc1c(Br)ccc(Cl)c1CC(=O)O. The van der Waals surface area contributed by atoms with Crippen molar-refractivity contribution in [2.45, 2.75) is 6.42 Å². The second kappa shape index (κ2) is 4.66. The van der Waals surface area contributed by atoms with Gasteiger partial charge in [-0.1, -0.05) is 11.6 Å². The topological polar surface area (TPSA) is 46.5 Å². The van der Waals surface area contributed by atoms with E-state index in [9.17, 15) is 4.79 Å². The predicted molar refractivity (Wildman–Crippen MR) is 57.0 cm³/mol. The normalized spacial score (nSPS) is 9.93. The third kappa shape index (κ3) is 2.39. The summed E-state index contributed by atoms with van der Waals surface area (Å²) in [6.45, 7) is 0. The molecule has 1 aromatic carbocycles. The van der Waals surface area contributed by atoms with Gasteiger partial charge in [0.25, 0.3) is 0 Å². The Labute approximate surface area is 94.8 Å².